The molecule has 2 aromatic rings. The first kappa shape index (κ1) is 22.7. The van der Waals surface area contributed by atoms with Crippen LogP contribution in [0.15, 0.2) is 34.6 Å². The molecule has 3 rings (SSSR count). The third-order valence-corrected chi connectivity index (χ3v) is 6.18. The molecule has 1 aliphatic rings. The highest BCUT2D eigenvalue weighted by Crippen LogP contribution is 2.34. The molecule has 1 saturated carbocycles. The summed E-state index contributed by atoms with van der Waals surface area (Å²) < 4.78 is 6.71. The second-order valence-electron chi connectivity index (χ2n) is 7.45. The fourth-order valence-electron chi connectivity index (χ4n) is 3.42. The van der Waals surface area contributed by atoms with Crippen molar-refractivity contribution in [2.45, 2.75) is 61.0 Å². The van der Waals surface area contributed by atoms with Gasteiger partial charge in [0.05, 0.1) is 15.4 Å². The summed E-state index contributed by atoms with van der Waals surface area (Å²) in [7, 11) is 1.72. The Morgan fingerprint density at radius 2 is 1.97 bits per heavy atom. The smallest absolute Gasteiger partial charge is 0.338 e. The van der Waals surface area contributed by atoms with Crippen LogP contribution in [0.3, 0.4) is 0 Å². The number of nitro benzene ring substituents is 1. The number of aryl methyl sites for hydroxylation is 1. The summed E-state index contributed by atoms with van der Waals surface area (Å²) in [5.41, 5.74) is -0.241. The summed E-state index contributed by atoms with van der Waals surface area (Å²) in [6.45, 7) is -0.418. The second-order valence-corrected chi connectivity index (χ2v) is 8.46. The predicted octanol–water partition coefficient (Wildman–Crippen LogP) is 3.26. The average Bonchev–Trinajstić information content (AvgIpc) is 3.12. The lowest BCUT2D eigenvalue weighted by molar-refractivity contribution is -0.387. The maximum absolute atomic E-state index is 12.3. The number of nitro groups is 1. The van der Waals surface area contributed by atoms with Gasteiger partial charge in [0.25, 0.3) is 11.6 Å². The number of nitrogens with one attached hydrogen (secondary N) is 1. The molecule has 1 fully saturated rings. The standard InChI is InChI=1S/C20H25N5O5S/c1-24-13-21-23-20(24)31-17-10-9-14(11-16(17)25(28)29)19(27)30-12-18(26)22-15-7-5-3-2-4-6-8-15/h9-11,13,15H,2-8,12H2,1H3,(H,22,26). The molecule has 31 heavy (non-hydrogen) atoms. The molecule has 1 heterocycles. The summed E-state index contributed by atoms with van der Waals surface area (Å²) in [5.74, 6) is -1.14. The normalized spacial score (nSPS) is 15.0. The second kappa shape index (κ2) is 10.9. The van der Waals surface area contributed by atoms with E-state index in [0.717, 1.165) is 43.5 Å². The minimum Gasteiger partial charge on any atom is -0.452 e. The first-order chi connectivity index (χ1) is 14.9. The van der Waals surface area contributed by atoms with E-state index < -0.39 is 17.5 Å². The average molecular weight is 448 g/mol. The van der Waals surface area contributed by atoms with Gasteiger partial charge in [0, 0.05) is 19.2 Å². The fourth-order valence-corrected chi connectivity index (χ4v) is 4.27. The number of amides is 1. The van der Waals surface area contributed by atoms with Gasteiger partial charge >= 0.3 is 5.97 Å². The molecule has 166 valence electrons. The van der Waals surface area contributed by atoms with E-state index in [9.17, 15) is 19.7 Å². The number of rotatable bonds is 7. The molecule has 0 unspecified atom stereocenters. The van der Waals surface area contributed by atoms with Crippen LogP contribution in [0.1, 0.15) is 55.3 Å². The topological polar surface area (TPSA) is 129 Å². The Bertz CT molecular complexity index is 940. The Hall–Kier alpha value is -2.95. The third kappa shape index (κ3) is 6.51. The highest BCUT2D eigenvalue weighted by Gasteiger charge is 2.21. The number of carbonyl (C=O) groups is 2. The molecule has 1 aromatic carbocycles. The van der Waals surface area contributed by atoms with E-state index >= 15 is 0 Å². The van der Waals surface area contributed by atoms with Gasteiger partial charge in [-0.1, -0.05) is 32.1 Å². The Labute approximate surface area is 183 Å². The van der Waals surface area contributed by atoms with Crippen LogP contribution in [0.4, 0.5) is 5.69 Å². The van der Waals surface area contributed by atoms with Crippen molar-refractivity contribution in [2.75, 3.05) is 6.61 Å². The third-order valence-electron chi connectivity index (χ3n) is 5.07. The number of esters is 1. The Morgan fingerprint density at radius 3 is 2.61 bits per heavy atom. The van der Waals surface area contributed by atoms with Crippen molar-refractivity contribution >= 4 is 29.3 Å². The lowest BCUT2D eigenvalue weighted by atomic mass is 9.97. The maximum Gasteiger partial charge on any atom is 0.338 e. The van der Waals surface area contributed by atoms with E-state index in [2.05, 4.69) is 15.5 Å². The van der Waals surface area contributed by atoms with Crippen LogP contribution < -0.4 is 5.32 Å². The van der Waals surface area contributed by atoms with Gasteiger partial charge in [-0.05, 0) is 36.7 Å². The zero-order chi connectivity index (χ0) is 22.2. The van der Waals surface area contributed by atoms with Crippen LogP contribution in [0.25, 0.3) is 0 Å². The molecule has 1 aliphatic carbocycles. The maximum atomic E-state index is 12.3. The van der Waals surface area contributed by atoms with Crippen molar-refractivity contribution in [3.05, 3.63) is 40.2 Å². The van der Waals surface area contributed by atoms with Crippen molar-refractivity contribution in [2.24, 2.45) is 7.05 Å². The molecular formula is C20H25N5O5S. The largest absolute Gasteiger partial charge is 0.452 e. The molecule has 0 bridgehead atoms. The molecule has 0 atom stereocenters. The Kier molecular flexibility index (Phi) is 7.99. The van der Waals surface area contributed by atoms with Crippen molar-refractivity contribution in [3.8, 4) is 0 Å². The van der Waals surface area contributed by atoms with Crippen molar-refractivity contribution < 1.29 is 19.2 Å². The van der Waals surface area contributed by atoms with Gasteiger partial charge in [-0.15, -0.1) is 10.2 Å². The van der Waals surface area contributed by atoms with Crippen LogP contribution in [-0.4, -0.2) is 44.2 Å². The summed E-state index contributed by atoms with van der Waals surface area (Å²) in [5, 5.41) is 22.5. The van der Waals surface area contributed by atoms with E-state index in [1.54, 1.807) is 11.6 Å². The molecule has 0 spiro atoms. The molecule has 1 amide bonds. The van der Waals surface area contributed by atoms with E-state index in [1.165, 1.54) is 37.7 Å². The van der Waals surface area contributed by atoms with Gasteiger partial charge in [-0.3, -0.25) is 14.9 Å². The fraction of sp³-hybridized carbons (Fsp3) is 0.500. The monoisotopic (exact) mass is 447 g/mol. The van der Waals surface area contributed by atoms with Crippen LogP contribution in [0, 0.1) is 10.1 Å². The van der Waals surface area contributed by atoms with Crippen LogP contribution >= 0.6 is 11.8 Å². The van der Waals surface area contributed by atoms with Gasteiger partial charge in [0.1, 0.15) is 6.33 Å². The van der Waals surface area contributed by atoms with E-state index in [1.807, 2.05) is 0 Å². The molecule has 10 nitrogen and oxygen atoms in total. The lowest BCUT2D eigenvalue weighted by Crippen LogP contribution is -2.38. The van der Waals surface area contributed by atoms with E-state index in [0.29, 0.717) is 10.1 Å². The highest BCUT2D eigenvalue weighted by atomic mass is 32.2. The van der Waals surface area contributed by atoms with Gasteiger partial charge in [-0.25, -0.2) is 4.79 Å². The lowest BCUT2D eigenvalue weighted by Gasteiger charge is -2.20. The number of ether oxygens (including phenoxy) is 1. The number of aromatic nitrogens is 3. The van der Waals surface area contributed by atoms with Crippen LogP contribution in [0.5, 0.6) is 0 Å². The SMILES string of the molecule is Cn1cnnc1Sc1ccc(C(=O)OCC(=O)NC2CCCCCCC2)cc1[N+](=O)[O-]. The van der Waals surface area contributed by atoms with Gasteiger partial charge in [0.15, 0.2) is 11.8 Å². The minimum atomic E-state index is -0.786. The van der Waals surface area contributed by atoms with Crippen molar-refractivity contribution in [3.63, 3.8) is 0 Å². The van der Waals surface area contributed by atoms with Crippen LogP contribution in [0.2, 0.25) is 0 Å². The molecule has 1 N–H and O–H groups in total. The molecule has 0 radical (unpaired) electrons. The van der Waals surface area contributed by atoms with Crippen molar-refractivity contribution in [1.82, 2.24) is 20.1 Å². The molecule has 11 heteroatoms. The zero-order valence-electron chi connectivity index (χ0n) is 17.3. The molecule has 0 aliphatic heterocycles. The zero-order valence-corrected chi connectivity index (χ0v) is 18.1. The number of nitrogens with zero attached hydrogens (tertiary/aromatic N) is 4. The summed E-state index contributed by atoms with van der Waals surface area (Å²) in [6.07, 6.45) is 9.07. The van der Waals surface area contributed by atoms with Crippen LogP contribution in [-0.2, 0) is 16.6 Å². The summed E-state index contributed by atoms with van der Waals surface area (Å²) in [4.78, 5) is 35.7. The summed E-state index contributed by atoms with van der Waals surface area (Å²) in [6, 6.07) is 4.14. The summed E-state index contributed by atoms with van der Waals surface area (Å²) >= 11 is 1.07. The van der Waals surface area contributed by atoms with Gasteiger partial charge in [-0.2, -0.15) is 0 Å². The predicted molar refractivity (Wildman–Crippen MR) is 113 cm³/mol. The number of benzene rings is 1. The quantitative estimate of drug-likeness (QED) is 0.389. The first-order valence-corrected chi connectivity index (χ1v) is 11.0. The molecule has 1 aromatic heterocycles. The molecule has 0 saturated heterocycles. The van der Waals surface area contributed by atoms with E-state index in [-0.39, 0.29) is 23.2 Å². The van der Waals surface area contributed by atoms with E-state index in [4.69, 9.17) is 4.74 Å². The van der Waals surface area contributed by atoms with Crippen molar-refractivity contribution in [1.29, 1.82) is 0 Å². The van der Waals surface area contributed by atoms with Gasteiger partial charge < -0.3 is 14.6 Å². The minimum absolute atomic E-state index is 0.00719. The molecular weight excluding hydrogens is 422 g/mol. The number of carbonyl (C=O) groups excluding carboxylic acids is 2. The number of hydrogen-bond acceptors (Lipinski definition) is 8. The first-order valence-electron chi connectivity index (χ1n) is 10.2. The van der Waals surface area contributed by atoms with Gasteiger partial charge in [0.2, 0.25) is 0 Å². The number of hydrogen-bond donors (Lipinski definition) is 1. The highest BCUT2D eigenvalue weighted by molar-refractivity contribution is 7.99. The Morgan fingerprint density at radius 1 is 1.26 bits per heavy atom. The Balaban J connectivity index is 1.59.